The first-order valence-corrected chi connectivity index (χ1v) is 12.2. The van der Waals surface area contributed by atoms with Crippen LogP contribution >= 0.6 is 0 Å². The van der Waals surface area contributed by atoms with Gasteiger partial charge in [0, 0.05) is 35.5 Å². The smallest absolute Gasteiger partial charge is 0.243 e. The molecule has 1 aromatic heterocycles. The maximum absolute atomic E-state index is 13.3. The first-order valence-electron chi connectivity index (χ1n) is 12.2. The number of carbonyl (C=O) groups is 2. The zero-order valence-corrected chi connectivity index (χ0v) is 19.0. The average Bonchev–Trinajstić information content (AvgIpc) is 3.18. The Balaban J connectivity index is 1.47. The van der Waals surface area contributed by atoms with Crippen molar-refractivity contribution < 1.29 is 9.59 Å². The first kappa shape index (κ1) is 21.9. The predicted octanol–water partition coefficient (Wildman–Crippen LogP) is 4.72. The van der Waals surface area contributed by atoms with Gasteiger partial charge in [-0.2, -0.15) is 0 Å². The van der Waals surface area contributed by atoms with E-state index in [1.807, 2.05) is 24.4 Å². The van der Waals surface area contributed by atoms with Gasteiger partial charge in [-0.1, -0.05) is 32.0 Å². The number of hydrogen-bond acceptors (Lipinski definition) is 2. The van der Waals surface area contributed by atoms with Crippen LogP contribution in [-0.4, -0.2) is 28.9 Å². The molecule has 5 heteroatoms. The zero-order valence-electron chi connectivity index (χ0n) is 19.0. The summed E-state index contributed by atoms with van der Waals surface area (Å²) in [6, 6.07) is 7.82. The van der Waals surface area contributed by atoms with Crippen molar-refractivity contribution in [1.82, 2.24) is 15.6 Å². The Morgan fingerprint density at radius 3 is 2.32 bits per heavy atom. The van der Waals surface area contributed by atoms with E-state index in [1.165, 1.54) is 0 Å². The number of hydrogen-bond donors (Lipinski definition) is 3. The van der Waals surface area contributed by atoms with Crippen LogP contribution < -0.4 is 10.6 Å². The molecule has 1 aromatic carbocycles. The largest absolute Gasteiger partial charge is 0.361 e. The molecule has 168 valence electrons. The van der Waals surface area contributed by atoms with Crippen molar-refractivity contribution in [2.24, 2.45) is 17.8 Å². The fraction of sp³-hybridized carbons (Fsp3) is 0.615. The van der Waals surface area contributed by atoms with Crippen molar-refractivity contribution in [3.05, 3.63) is 36.0 Å². The summed E-state index contributed by atoms with van der Waals surface area (Å²) in [7, 11) is 0. The van der Waals surface area contributed by atoms with E-state index in [1.54, 1.807) is 0 Å². The Labute approximate surface area is 185 Å². The number of fused-ring (bicyclic) bond motifs is 1. The van der Waals surface area contributed by atoms with Gasteiger partial charge in [-0.25, -0.2) is 0 Å². The molecule has 2 aliphatic rings. The van der Waals surface area contributed by atoms with E-state index in [2.05, 4.69) is 35.5 Å². The van der Waals surface area contributed by atoms with Crippen LogP contribution in [0.15, 0.2) is 30.5 Å². The molecule has 0 unspecified atom stereocenters. The van der Waals surface area contributed by atoms with E-state index in [0.717, 1.165) is 73.8 Å². The molecule has 31 heavy (non-hydrogen) atoms. The molecule has 5 nitrogen and oxygen atoms in total. The number of rotatable bonds is 6. The second kappa shape index (κ2) is 9.88. The van der Waals surface area contributed by atoms with Crippen molar-refractivity contribution in [3.63, 3.8) is 0 Å². The van der Waals surface area contributed by atoms with Crippen molar-refractivity contribution >= 4 is 22.7 Å². The number of nitrogens with one attached hydrogen (secondary N) is 3. The lowest BCUT2D eigenvalue weighted by atomic mass is 9.82. The molecular formula is C26H37N3O2. The van der Waals surface area contributed by atoms with E-state index in [0.29, 0.717) is 12.3 Å². The van der Waals surface area contributed by atoms with Crippen LogP contribution in [0.2, 0.25) is 0 Å². The van der Waals surface area contributed by atoms with E-state index in [4.69, 9.17) is 0 Å². The SMILES string of the molecule is CC1CCC(NC(=O)[C@H](Cc2c[nH]c3ccccc23)NC(=O)C2CCC(C)CC2)CC1. The summed E-state index contributed by atoms with van der Waals surface area (Å²) >= 11 is 0. The highest BCUT2D eigenvalue weighted by Gasteiger charge is 2.30. The summed E-state index contributed by atoms with van der Waals surface area (Å²) in [6.45, 7) is 4.54. The zero-order chi connectivity index (χ0) is 21.8. The lowest BCUT2D eigenvalue weighted by Crippen LogP contribution is -2.52. The van der Waals surface area contributed by atoms with E-state index in [9.17, 15) is 9.59 Å². The van der Waals surface area contributed by atoms with Crippen LogP contribution in [0.4, 0.5) is 0 Å². The average molecular weight is 424 g/mol. The Morgan fingerprint density at radius 2 is 1.61 bits per heavy atom. The second-order valence-electron chi connectivity index (χ2n) is 10.0. The molecule has 1 atom stereocenters. The molecule has 0 radical (unpaired) electrons. The quantitative estimate of drug-likeness (QED) is 0.629. The highest BCUT2D eigenvalue weighted by atomic mass is 16.2. The minimum atomic E-state index is -0.537. The topological polar surface area (TPSA) is 74.0 Å². The van der Waals surface area contributed by atoms with E-state index in [-0.39, 0.29) is 23.8 Å². The molecule has 2 saturated carbocycles. The normalized spacial score (nSPS) is 27.5. The molecule has 4 rings (SSSR count). The van der Waals surface area contributed by atoms with Gasteiger partial charge in [-0.3, -0.25) is 9.59 Å². The van der Waals surface area contributed by atoms with Crippen LogP contribution in [0.3, 0.4) is 0 Å². The van der Waals surface area contributed by atoms with Gasteiger partial charge in [0.1, 0.15) is 6.04 Å². The van der Waals surface area contributed by atoms with Crippen LogP contribution in [0.1, 0.15) is 70.8 Å². The van der Waals surface area contributed by atoms with Crippen LogP contribution in [-0.2, 0) is 16.0 Å². The Kier molecular flexibility index (Phi) is 6.99. The Hall–Kier alpha value is -2.30. The molecule has 2 fully saturated rings. The fourth-order valence-electron chi connectivity index (χ4n) is 5.25. The highest BCUT2D eigenvalue weighted by molar-refractivity contribution is 5.90. The van der Waals surface area contributed by atoms with Gasteiger partial charge >= 0.3 is 0 Å². The number of benzene rings is 1. The van der Waals surface area contributed by atoms with Gasteiger partial charge in [0.15, 0.2) is 0 Å². The third kappa shape index (κ3) is 5.50. The van der Waals surface area contributed by atoms with E-state index >= 15 is 0 Å². The lowest BCUT2D eigenvalue weighted by molar-refractivity contribution is -0.132. The number of aromatic nitrogens is 1. The standard InChI is InChI=1S/C26H37N3O2/c1-17-7-11-19(12-8-17)25(30)29-24(26(31)28-21-13-9-18(2)10-14-21)15-20-16-27-23-6-4-3-5-22(20)23/h3-6,16-19,21,24,27H,7-15H2,1-2H3,(H,28,31)(H,29,30)/t17?,18?,19?,21?,24-/m0/s1. The Morgan fingerprint density at radius 1 is 0.968 bits per heavy atom. The predicted molar refractivity (Wildman–Crippen MR) is 125 cm³/mol. The summed E-state index contributed by atoms with van der Waals surface area (Å²) in [5.74, 6) is 1.48. The molecular weight excluding hydrogens is 386 g/mol. The maximum atomic E-state index is 13.3. The summed E-state index contributed by atoms with van der Waals surface area (Å²) in [6.07, 6.45) is 10.9. The molecule has 2 amide bonds. The number of amides is 2. The molecule has 0 bridgehead atoms. The second-order valence-corrected chi connectivity index (χ2v) is 10.0. The van der Waals surface area contributed by atoms with Gasteiger partial charge in [0.05, 0.1) is 0 Å². The molecule has 1 heterocycles. The molecule has 3 N–H and O–H groups in total. The lowest BCUT2D eigenvalue weighted by Gasteiger charge is -2.30. The Bertz CT molecular complexity index is 889. The molecule has 2 aliphatic carbocycles. The summed E-state index contributed by atoms with van der Waals surface area (Å²) in [4.78, 5) is 29.6. The third-order valence-corrected chi connectivity index (χ3v) is 7.48. The number of aromatic amines is 1. The van der Waals surface area contributed by atoms with Crippen molar-refractivity contribution in [3.8, 4) is 0 Å². The van der Waals surface area contributed by atoms with Gasteiger partial charge in [0.25, 0.3) is 0 Å². The van der Waals surface area contributed by atoms with E-state index < -0.39 is 6.04 Å². The fourth-order valence-corrected chi connectivity index (χ4v) is 5.25. The monoisotopic (exact) mass is 423 g/mol. The molecule has 0 spiro atoms. The van der Waals surface area contributed by atoms with Crippen molar-refractivity contribution in [1.29, 1.82) is 0 Å². The number of H-pyrrole nitrogens is 1. The van der Waals surface area contributed by atoms with Crippen LogP contribution in [0.25, 0.3) is 10.9 Å². The molecule has 0 saturated heterocycles. The van der Waals surface area contributed by atoms with Crippen LogP contribution in [0, 0.1) is 17.8 Å². The minimum Gasteiger partial charge on any atom is -0.361 e. The van der Waals surface area contributed by atoms with Gasteiger partial charge in [-0.15, -0.1) is 0 Å². The minimum absolute atomic E-state index is 0.0324. The number of carbonyl (C=O) groups excluding carboxylic acids is 2. The summed E-state index contributed by atoms with van der Waals surface area (Å²) < 4.78 is 0. The summed E-state index contributed by atoms with van der Waals surface area (Å²) in [5.41, 5.74) is 2.14. The first-order chi connectivity index (χ1) is 15.0. The van der Waals surface area contributed by atoms with Gasteiger partial charge in [-0.05, 0) is 74.8 Å². The third-order valence-electron chi connectivity index (χ3n) is 7.48. The van der Waals surface area contributed by atoms with Crippen molar-refractivity contribution in [2.45, 2.75) is 83.7 Å². The van der Waals surface area contributed by atoms with Crippen LogP contribution in [0.5, 0.6) is 0 Å². The maximum Gasteiger partial charge on any atom is 0.243 e. The van der Waals surface area contributed by atoms with Gasteiger partial charge < -0.3 is 15.6 Å². The van der Waals surface area contributed by atoms with Gasteiger partial charge in [0.2, 0.25) is 11.8 Å². The van der Waals surface area contributed by atoms with Crippen molar-refractivity contribution in [2.75, 3.05) is 0 Å². The molecule has 2 aromatic rings. The number of para-hydroxylation sites is 1. The summed E-state index contributed by atoms with van der Waals surface area (Å²) in [5, 5.41) is 7.51. The molecule has 0 aliphatic heterocycles. The highest BCUT2D eigenvalue weighted by Crippen LogP contribution is 2.29.